The van der Waals surface area contributed by atoms with E-state index in [1.165, 1.54) is 0 Å². The average Bonchev–Trinajstić information content (AvgIpc) is 2.98. The van der Waals surface area contributed by atoms with Crippen LogP contribution in [-0.2, 0) is 27.2 Å². The zero-order chi connectivity index (χ0) is 28.1. The Kier molecular flexibility index (Phi) is 8.18. The molecule has 3 amide bonds. The summed E-state index contributed by atoms with van der Waals surface area (Å²) >= 11 is 0. The molecule has 11 heteroatoms. The lowest BCUT2D eigenvalue weighted by molar-refractivity contribution is -0.140. The highest BCUT2D eigenvalue weighted by molar-refractivity contribution is 5.99. The van der Waals surface area contributed by atoms with Gasteiger partial charge >= 0.3 is 0 Å². The van der Waals surface area contributed by atoms with Crippen molar-refractivity contribution >= 4 is 34.5 Å². The number of para-hydroxylation sites is 2. The summed E-state index contributed by atoms with van der Waals surface area (Å²) in [5.74, 6) is -0.0912. The summed E-state index contributed by atoms with van der Waals surface area (Å²) in [5, 5.41) is 2.61. The fraction of sp³-hybridized carbons (Fsp3) is 0.379. The van der Waals surface area contributed by atoms with E-state index in [9.17, 15) is 24.0 Å². The maximum Gasteiger partial charge on any atom is 0.270 e. The summed E-state index contributed by atoms with van der Waals surface area (Å²) in [5.41, 5.74) is 2.75. The maximum atomic E-state index is 12.7. The van der Waals surface area contributed by atoms with E-state index in [-0.39, 0.29) is 60.8 Å². The van der Waals surface area contributed by atoms with Gasteiger partial charge in [0.25, 0.3) is 11.5 Å². The average molecular weight is 546 g/mol. The van der Waals surface area contributed by atoms with E-state index in [0.717, 1.165) is 18.4 Å². The van der Waals surface area contributed by atoms with Crippen LogP contribution in [0.2, 0.25) is 0 Å². The van der Waals surface area contributed by atoms with Gasteiger partial charge in [0.1, 0.15) is 11.4 Å². The number of hydrogen-bond acceptors (Lipinski definition) is 7. The number of ketones is 1. The zero-order valence-corrected chi connectivity index (χ0v) is 22.1. The number of H-pyrrole nitrogens is 1. The molecule has 2 aromatic carbocycles. The first-order valence-electron chi connectivity index (χ1n) is 13.5. The van der Waals surface area contributed by atoms with Gasteiger partial charge in [0, 0.05) is 56.6 Å². The van der Waals surface area contributed by atoms with Crippen LogP contribution in [-0.4, -0.2) is 82.6 Å². The second-order valence-corrected chi connectivity index (χ2v) is 9.92. The van der Waals surface area contributed by atoms with E-state index in [1.54, 1.807) is 46.2 Å². The summed E-state index contributed by atoms with van der Waals surface area (Å²) in [6.07, 6.45) is 2.25. The number of aromatic amines is 1. The lowest BCUT2D eigenvalue weighted by Crippen LogP contribution is -2.53. The second-order valence-electron chi connectivity index (χ2n) is 9.92. The number of rotatable bonds is 8. The molecule has 2 aliphatic rings. The van der Waals surface area contributed by atoms with Crippen molar-refractivity contribution in [2.45, 2.75) is 32.1 Å². The topological polar surface area (TPSA) is 142 Å². The first-order valence-corrected chi connectivity index (χ1v) is 13.5. The van der Waals surface area contributed by atoms with Gasteiger partial charge in [0.2, 0.25) is 11.8 Å². The Bertz CT molecular complexity index is 1510. The minimum absolute atomic E-state index is 0.0305. The molecule has 1 aliphatic carbocycles. The summed E-state index contributed by atoms with van der Waals surface area (Å²) < 4.78 is 5.79. The normalized spacial score (nSPS) is 15.1. The molecule has 1 saturated heterocycles. The van der Waals surface area contributed by atoms with Crippen LogP contribution >= 0.6 is 0 Å². The number of Topliss-reactive ketones (excluding diaryl/α,β-unsaturated/α-hetero) is 1. The molecule has 11 nitrogen and oxygen atoms in total. The Balaban J connectivity index is 1.03. The number of nitrogens with one attached hydrogen (secondary N) is 2. The van der Waals surface area contributed by atoms with E-state index >= 15 is 0 Å². The number of fused-ring (bicyclic) bond motifs is 2. The van der Waals surface area contributed by atoms with Gasteiger partial charge < -0.3 is 24.8 Å². The van der Waals surface area contributed by atoms with Gasteiger partial charge in [-0.25, -0.2) is 4.98 Å². The zero-order valence-electron chi connectivity index (χ0n) is 22.1. The fourth-order valence-electron chi connectivity index (χ4n) is 5.06. The predicted molar refractivity (Wildman–Crippen MR) is 146 cm³/mol. The third-order valence-corrected chi connectivity index (χ3v) is 7.30. The monoisotopic (exact) mass is 545 g/mol. The molecular formula is C29H31N5O6. The number of benzene rings is 2. The summed E-state index contributed by atoms with van der Waals surface area (Å²) in [7, 11) is 0. The van der Waals surface area contributed by atoms with Crippen molar-refractivity contribution in [2.24, 2.45) is 0 Å². The van der Waals surface area contributed by atoms with Crippen molar-refractivity contribution in [1.82, 2.24) is 25.1 Å². The van der Waals surface area contributed by atoms with Crippen LogP contribution in [0.15, 0.2) is 47.3 Å². The maximum absolute atomic E-state index is 12.7. The molecule has 0 saturated carbocycles. The second kappa shape index (κ2) is 12.1. The Hall–Kier alpha value is -4.54. The molecule has 3 aromatic rings. The molecule has 0 spiro atoms. The van der Waals surface area contributed by atoms with Gasteiger partial charge in [-0.05, 0) is 31.0 Å². The van der Waals surface area contributed by atoms with Gasteiger partial charge in [-0.3, -0.25) is 24.0 Å². The Labute approximate surface area is 230 Å². The molecule has 0 unspecified atom stereocenters. The lowest BCUT2D eigenvalue weighted by atomic mass is 9.90. The fourth-order valence-corrected chi connectivity index (χ4v) is 5.06. The first-order chi connectivity index (χ1) is 19.4. The third kappa shape index (κ3) is 6.19. The minimum atomic E-state index is -0.349. The van der Waals surface area contributed by atoms with Crippen molar-refractivity contribution in [3.63, 3.8) is 0 Å². The van der Waals surface area contributed by atoms with Crippen LogP contribution in [0.4, 0.5) is 0 Å². The first kappa shape index (κ1) is 27.0. The largest absolute Gasteiger partial charge is 0.483 e. The quantitative estimate of drug-likeness (QED) is 0.434. The number of aromatic nitrogens is 2. The van der Waals surface area contributed by atoms with Crippen LogP contribution in [0, 0.1) is 0 Å². The molecule has 40 heavy (non-hydrogen) atoms. The number of ether oxygens (including phenoxy) is 1. The predicted octanol–water partition coefficient (Wildman–Crippen LogP) is 1.24. The third-order valence-electron chi connectivity index (χ3n) is 7.30. The van der Waals surface area contributed by atoms with Crippen molar-refractivity contribution in [3.05, 3.63) is 69.6 Å². The Morgan fingerprint density at radius 2 is 1.68 bits per heavy atom. The molecule has 1 aliphatic heterocycles. The number of hydrogen-bond donors (Lipinski definition) is 2. The highest BCUT2D eigenvalue weighted by Crippen LogP contribution is 2.29. The summed E-state index contributed by atoms with van der Waals surface area (Å²) in [6, 6.07) is 12.5. The van der Waals surface area contributed by atoms with Crippen LogP contribution in [0.25, 0.3) is 11.0 Å². The molecule has 1 fully saturated rings. The van der Waals surface area contributed by atoms with E-state index in [2.05, 4.69) is 15.3 Å². The van der Waals surface area contributed by atoms with E-state index in [1.807, 2.05) is 6.07 Å². The molecule has 2 heterocycles. The molecule has 0 atom stereocenters. The van der Waals surface area contributed by atoms with Crippen LogP contribution in [0.5, 0.6) is 5.75 Å². The van der Waals surface area contributed by atoms with Crippen molar-refractivity contribution < 1.29 is 23.9 Å². The molecule has 0 radical (unpaired) electrons. The van der Waals surface area contributed by atoms with Crippen LogP contribution in [0.1, 0.15) is 40.9 Å². The number of aryl methyl sites for hydroxylation is 1. The lowest BCUT2D eigenvalue weighted by Gasteiger charge is -2.34. The van der Waals surface area contributed by atoms with Gasteiger partial charge in [-0.15, -0.1) is 0 Å². The highest BCUT2D eigenvalue weighted by Gasteiger charge is 2.26. The molecular weight excluding hydrogens is 514 g/mol. The smallest absolute Gasteiger partial charge is 0.270 e. The van der Waals surface area contributed by atoms with E-state index in [0.29, 0.717) is 54.9 Å². The standard InChI is InChI=1S/C29H31N5O6/c35-24-9-3-6-20-19(24)5-4-10-25(20)40-18-28(38)34-15-13-33(14-16-34)27(37)17-30-26(36)12-11-23-29(39)32-22-8-2-1-7-21(22)31-23/h1-2,4-5,7-8,10H,3,6,9,11-18H2,(H,30,36)(H,32,39). The number of carbonyl (C=O) groups excluding carboxylic acids is 4. The van der Waals surface area contributed by atoms with Gasteiger partial charge in [0.15, 0.2) is 12.4 Å². The van der Waals surface area contributed by atoms with Gasteiger partial charge in [-0.2, -0.15) is 0 Å². The van der Waals surface area contributed by atoms with Gasteiger partial charge in [0.05, 0.1) is 17.6 Å². The highest BCUT2D eigenvalue weighted by atomic mass is 16.5. The Morgan fingerprint density at radius 3 is 2.48 bits per heavy atom. The molecule has 208 valence electrons. The number of nitrogens with zero attached hydrogens (tertiary/aromatic N) is 3. The van der Waals surface area contributed by atoms with Crippen molar-refractivity contribution in [1.29, 1.82) is 0 Å². The minimum Gasteiger partial charge on any atom is -0.483 e. The van der Waals surface area contributed by atoms with Crippen molar-refractivity contribution in [2.75, 3.05) is 39.3 Å². The SMILES string of the molecule is O=C(CCc1nc2ccccc2[nH]c1=O)NCC(=O)N1CCN(C(=O)COc2cccc3c2CCCC3=O)CC1. The number of amides is 3. The van der Waals surface area contributed by atoms with Crippen molar-refractivity contribution in [3.8, 4) is 5.75 Å². The summed E-state index contributed by atoms with van der Waals surface area (Å²) in [4.78, 5) is 72.4. The molecule has 0 bridgehead atoms. The molecule has 2 N–H and O–H groups in total. The Morgan fingerprint density at radius 1 is 0.925 bits per heavy atom. The summed E-state index contributed by atoms with van der Waals surface area (Å²) in [6.45, 7) is 1.14. The van der Waals surface area contributed by atoms with Crippen LogP contribution in [0.3, 0.4) is 0 Å². The number of carbonyl (C=O) groups is 4. The molecule has 5 rings (SSSR count). The van der Waals surface area contributed by atoms with E-state index < -0.39 is 0 Å². The van der Waals surface area contributed by atoms with Gasteiger partial charge in [-0.1, -0.05) is 24.3 Å². The number of piperazine rings is 1. The van der Waals surface area contributed by atoms with Crippen LogP contribution < -0.4 is 15.6 Å². The van der Waals surface area contributed by atoms with E-state index in [4.69, 9.17) is 4.74 Å². The molecule has 1 aromatic heterocycles.